The zero-order valence-corrected chi connectivity index (χ0v) is 25.0. The number of unbranched alkanes of at least 4 members (excludes halogenated alkanes) is 3. The maximum Gasteiger partial charge on any atom is 0.417 e. The van der Waals surface area contributed by atoms with Gasteiger partial charge in [0.15, 0.2) is 0 Å². The number of amides is 4. The minimum Gasteiger partial charge on any atom is -0.322 e. The number of nitriles is 1. The largest absolute Gasteiger partial charge is 0.417 e. The molecule has 2 heterocycles. The molecule has 0 saturated carbocycles. The maximum absolute atomic E-state index is 13.4. The number of nitrogens with zero attached hydrogens (tertiary/aromatic N) is 4. The number of piperazine rings is 1. The summed E-state index contributed by atoms with van der Waals surface area (Å²) in [5, 5.41) is 12.5. The molecule has 0 atom stereocenters. The smallest absolute Gasteiger partial charge is 0.322 e. The van der Waals surface area contributed by atoms with Crippen molar-refractivity contribution in [3.8, 4) is 6.07 Å². The van der Waals surface area contributed by atoms with Crippen LogP contribution in [0.3, 0.4) is 0 Å². The molecule has 1 saturated heterocycles. The Morgan fingerprint density at radius 3 is 2.26 bits per heavy atom. The Balaban J connectivity index is 1.19. The molecule has 4 amide bonds. The summed E-state index contributed by atoms with van der Waals surface area (Å²) >= 11 is 12.3. The number of urea groups is 1. The first-order valence-electron chi connectivity index (χ1n) is 13.8. The van der Waals surface area contributed by atoms with Crippen LogP contribution in [-0.4, -0.2) is 60.4 Å². The summed E-state index contributed by atoms with van der Waals surface area (Å²) in [6, 6.07) is 9.09. The number of benzene rings is 2. The van der Waals surface area contributed by atoms with E-state index in [1.165, 1.54) is 19.1 Å². The first-order chi connectivity index (χ1) is 20.4. The van der Waals surface area contributed by atoms with Gasteiger partial charge in [0.2, 0.25) is 0 Å². The van der Waals surface area contributed by atoms with Gasteiger partial charge >= 0.3 is 12.2 Å². The normalized spacial score (nSPS) is 16.2. The fourth-order valence-electron chi connectivity index (χ4n) is 5.19. The first-order valence-corrected chi connectivity index (χ1v) is 14.6. The predicted octanol–water partition coefficient (Wildman–Crippen LogP) is 6.87. The number of imide groups is 1. The van der Waals surface area contributed by atoms with Crippen molar-refractivity contribution in [3.63, 3.8) is 0 Å². The molecule has 0 aromatic heterocycles. The molecular formula is C30H30Cl2F3N5O3. The van der Waals surface area contributed by atoms with E-state index in [1.807, 2.05) is 0 Å². The standard InChI is InChI=1S/C30H30Cl2F3N5O3/c1-19-22(28(42)40(27(19)41)21-11-10-20(18-36)23(17-21)30(33,34)35)7-4-2-3-5-12-38-13-15-39(16-14-38)29(43)37-26-24(31)8-6-9-25(26)32/h6,8-11,17H,2-5,7,12-16H2,1H3,(H,37,43). The number of hydrogen-bond donors (Lipinski definition) is 1. The van der Waals surface area contributed by atoms with Gasteiger partial charge in [-0.1, -0.05) is 42.1 Å². The summed E-state index contributed by atoms with van der Waals surface area (Å²) in [6.07, 6.45) is -1.17. The number of alkyl halides is 3. The molecule has 0 unspecified atom stereocenters. The average Bonchev–Trinajstić information content (AvgIpc) is 3.18. The van der Waals surface area contributed by atoms with Crippen LogP contribution in [0.4, 0.5) is 29.3 Å². The lowest BCUT2D eigenvalue weighted by Gasteiger charge is -2.34. The lowest BCUT2D eigenvalue weighted by Crippen LogP contribution is -2.50. The highest BCUT2D eigenvalue weighted by atomic mass is 35.5. The molecule has 2 aromatic rings. The third-order valence-electron chi connectivity index (χ3n) is 7.63. The third kappa shape index (κ3) is 7.50. The second kappa shape index (κ2) is 13.8. The molecule has 1 N–H and O–H groups in total. The van der Waals surface area contributed by atoms with Crippen molar-refractivity contribution in [1.29, 1.82) is 5.26 Å². The van der Waals surface area contributed by atoms with Crippen LogP contribution in [0.5, 0.6) is 0 Å². The van der Waals surface area contributed by atoms with Crippen LogP contribution < -0.4 is 10.2 Å². The quantitative estimate of drug-likeness (QED) is 0.239. The highest BCUT2D eigenvalue weighted by Crippen LogP contribution is 2.37. The second-order valence-corrected chi connectivity index (χ2v) is 11.2. The van der Waals surface area contributed by atoms with E-state index in [2.05, 4.69) is 10.2 Å². The van der Waals surface area contributed by atoms with Gasteiger partial charge in [0.25, 0.3) is 11.8 Å². The SMILES string of the molecule is CC1=C(CCCCCCN2CCN(C(=O)Nc3c(Cl)cccc3Cl)CC2)C(=O)N(c2ccc(C#N)c(C(F)(F)F)c2)C1=O. The van der Waals surface area contributed by atoms with E-state index in [0.717, 1.165) is 49.9 Å². The number of para-hydroxylation sites is 1. The Morgan fingerprint density at radius 2 is 1.63 bits per heavy atom. The molecule has 13 heteroatoms. The number of nitrogens with one attached hydrogen (secondary N) is 1. The number of rotatable bonds is 9. The topological polar surface area (TPSA) is 96.8 Å². The van der Waals surface area contributed by atoms with Crippen molar-refractivity contribution < 1.29 is 27.6 Å². The van der Waals surface area contributed by atoms with Gasteiger partial charge in [-0.25, -0.2) is 9.69 Å². The fourth-order valence-corrected chi connectivity index (χ4v) is 5.68. The van der Waals surface area contributed by atoms with Crippen molar-refractivity contribution >= 4 is 52.4 Å². The number of hydrogen-bond acceptors (Lipinski definition) is 5. The van der Waals surface area contributed by atoms with Crippen LogP contribution in [-0.2, 0) is 15.8 Å². The first kappa shape index (κ1) is 32.3. The summed E-state index contributed by atoms with van der Waals surface area (Å²) in [5.74, 6) is -1.28. The van der Waals surface area contributed by atoms with Gasteiger partial charge in [0, 0.05) is 37.3 Å². The van der Waals surface area contributed by atoms with Crippen molar-refractivity contribution in [1.82, 2.24) is 9.80 Å². The van der Waals surface area contributed by atoms with E-state index in [-0.39, 0.29) is 17.3 Å². The summed E-state index contributed by atoms with van der Waals surface area (Å²) in [5.41, 5.74) is -1.05. The lowest BCUT2D eigenvalue weighted by molar-refractivity contribution is -0.138. The minimum atomic E-state index is -4.80. The van der Waals surface area contributed by atoms with Crippen LogP contribution in [0.1, 0.15) is 50.2 Å². The molecular weight excluding hydrogens is 606 g/mol. The molecule has 4 rings (SSSR count). The van der Waals surface area contributed by atoms with Crippen molar-refractivity contribution in [2.24, 2.45) is 0 Å². The molecule has 2 aliphatic heterocycles. The van der Waals surface area contributed by atoms with E-state index >= 15 is 0 Å². The molecule has 0 spiro atoms. The Labute approximate surface area is 257 Å². The number of carbonyl (C=O) groups excluding carboxylic acids is 3. The highest BCUT2D eigenvalue weighted by Gasteiger charge is 2.39. The highest BCUT2D eigenvalue weighted by molar-refractivity contribution is 6.39. The minimum absolute atomic E-state index is 0.207. The molecule has 1 fully saturated rings. The van der Waals surface area contributed by atoms with Crippen LogP contribution in [0.25, 0.3) is 0 Å². The lowest BCUT2D eigenvalue weighted by atomic mass is 10.0. The number of anilines is 2. The van der Waals surface area contributed by atoms with E-state index in [4.69, 9.17) is 28.5 Å². The van der Waals surface area contributed by atoms with Gasteiger partial charge in [-0.3, -0.25) is 14.5 Å². The molecule has 0 radical (unpaired) electrons. The van der Waals surface area contributed by atoms with Crippen LogP contribution in [0.15, 0.2) is 47.5 Å². The van der Waals surface area contributed by atoms with Crippen molar-refractivity contribution in [3.05, 3.63) is 68.7 Å². The summed E-state index contributed by atoms with van der Waals surface area (Å²) < 4.78 is 40.2. The Kier molecular flexibility index (Phi) is 10.4. The number of carbonyl (C=O) groups is 3. The molecule has 2 aromatic carbocycles. The van der Waals surface area contributed by atoms with Crippen molar-refractivity contribution in [2.75, 3.05) is 42.9 Å². The molecule has 43 heavy (non-hydrogen) atoms. The van der Waals surface area contributed by atoms with Gasteiger partial charge in [-0.2, -0.15) is 18.4 Å². The van der Waals surface area contributed by atoms with E-state index < -0.39 is 29.1 Å². The predicted molar refractivity (Wildman–Crippen MR) is 158 cm³/mol. The van der Waals surface area contributed by atoms with Crippen molar-refractivity contribution in [2.45, 2.75) is 45.2 Å². The van der Waals surface area contributed by atoms with Gasteiger partial charge < -0.3 is 10.2 Å². The second-order valence-electron chi connectivity index (χ2n) is 10.4. The molecule has 2 aliphatic rings. The fraction of sp³-hybridized carbons (Fsp3) is 0.400. The third-order valence-corrected chi connectivity index (χ3v) is 8.26. The van der Waals surface area contributed by atoms with Gasteiger partial charge in [0.1, 0.15) is 0 Å². The van der Waals surface area contributed by atoms with Gasteiger partial charge in [-0.05, 0) is 63.1 Å². The zero-order valence-electron chi connectivity index (χ0n) is 23.4. The molecule has 228 valence electrons. The monoisotopic (exact) mass is 635 g/mol. The van der Waals surface area contributed by atoms with E-state index in [9.17, 15) is 27.6 Å². The summed E-state index contributed by atoms with van der Waals surface area (Å²) in [6.45, 7) is 4.96. The van der Waals surface area contributed by atoms with Crippen LogP contribution >= 0.6 is 23.2 Å². The Hall–Kier alpha value is -3.59. The maximum atomic E-state index is 13.4. The van der Waals surface area contributed by atoms with Gasteiger partial charge in [0.05, 0.1) is 38.6 Å². The average molecular weight is 637 g/mol. The van der Waals surface area contributed by atoms with Crippen LogP contribution in [0.2, 0.25) is 10.0 Å². The number of halogens is 5. The summed E-state index contributed by atoms with van der Waals surface area (Å²) in [7, 11) is 0. The van der Waals surface area contributed by atoms with E-state index in [1.54, 1.807) is 23.1 Å². The van der Waals surface area contributed by atoms with E-state index in [0.29, 0.717) is 53.3 Å². The zero-order chi connectivity index (χ0) is 31.3. The van der Waals surface area contributed by atoms with Crippen LogP contribution in [0, 0.1) is 11.3 Å². The molecule has 0 aliphatic carbocycles. The Morgan fingerprint density at radius 1 is 0.977 bits per heavy atom. The Bertz CT molecular complexity index is 1460. The molecule has 0 bridgehead atoms. The summed E-state index contributed by atoms with van der Waals surface area (Å²) in [4.78, 5) is 43.2. The molecule has 8 nitrogen and oxygen atoms in total. The van der Waals surface area contributed by atoms with Gasteiger partial charge in [-0.15, -0.1) is 0 Å².